The zero-order chi connectivity index (χ0) is 18.6. The molecule has 0 spiro atoms. The predicted octanol–water partition coefficient (Wildman–Crippen LogP) is 4.46. The van der Waals surface area contributed by atoms with Crippen LogP contribution in [0.25, 0.3) is 16.5 Å². The standard InChI is InChI=1S/C21H18N4OS/c1-15-23-24-21(25(15)19-9-3-2-4-10-19)27-14-20(26)22-18-12-11-16-7-5-6-8-17(16)13-18/h2-13H,14H2,1H3,(H,22,26). The normalized spacial score (nSPS) is 10.9. The highest BCUT2D eigenvalue weighted by Crippen LogP contribution is 2.23. The molecule has 1 heterocycles. The molecule has 0 bridgehead atoms. The Labute approximate surface area is 161 Å². The molecule has 0 saturated carbocycles. The fraction of sp³-hybridized carbons (Fsp3) is 0.0952. The minimum atomic E-state index is -0.0736. The summed E-state index contributed by atoms with van der Waals surface area (Å²) < 4.78 is 1.95. The van der Waals surface area contributed by atoms with E-state index in [-0.39, 0.29) is 11.7 Å². The third-order valence-electron chi connectivity index (χ3n) is 4.18. The van der Waals surface area contributed by atoms with Crippen molar-refractivity contribution in [1.82, 2.24) is 14.8 Å². The van der Waals surface area contributed by atoms with Crippen LogP contribution < -0.4 is 5.32 Å². The highest BCUT2D eigenvalue weighted by Gasteiger charge is 2.13. The minimum Gasteiger partial charge on any atom is -0.325 e. The van der Waals surface area contributed by atoms with E-state index in [1.165, 1.54) is 11.8 Å². The van der Waals surface area contributed by atoms with Crippen molar-refractivity contribution in [2.24, 2.45) is 0 Å². The second kappa shape index (κ2) is 7.63. The zero-order valence-corrected chi connectivity index (χ0v) is 15.6. The van der Waals surface area contributed by atoms with Gasteiger partial charge in [-0.25, -0.2) is 0 Å². The van der Waals surface area contributed by atoms with Crippen LogP contribution in [0.4, 0.5) is 5.69 Å². The molecule has 1 amide bonds. The molecule has 27 heavy (non-hydrogen) atoms. The smallest absolute Gasteiger partial charge is 0.234 e. The molecule has 3 aromatic carbocycles. The quantitative estimate of drug-likeness (QED) is 0.524. The van der Waals surface area contributed by atoms with Crippen molar-refractivity contribution in [2.45, 2.75) is 12.1 Å². The summed E-state index contributed by atoms with van der Waals surface area (Å²) in [4.78, 5) is 12.4. The number of hydrogen-bond acceptors (Lipinski definition) is 4. The number of anilines is 1. The fourth-order valence-electron chi connectivity index (χ4n) is 2.90. The van der Waals surface area contributed by atoms with Crippen molar-refractivity contribution in [2.75, 3.05) is 11.1 Å². The number of benzene rings is 3. The lowest BCUT2D eigenvalue weighted by molar-refractivity contribution is -0.113. The highest BCUT2D eigenvalue weighted by atomic mass is 32.2. The zero-order valence-electron chi connectivity index (χ0n) is 14.8. The first kappa shape index (κ1) is 17.3. The second-order valence-corrected chi connectivity index (χ2v) is 7.04. The van der Waals surface area contributed by atoms with Gasteiger partial charge in [0, 0.05) is 11.4 Å². The molecule has 134 valence electrons. The molecule has 0 fully saturated rings. The topological polar surface area (TPSA) is 59.8 Å². The fourth-order valence-corrected chi connectivity index (χ4v) is 3.70. The van der Waals surface area contributed by atoms with Gasteiger partial charge >= 0.3 is 0 Å². The van der Waals surface area contributed by atoms with Gasteiger partial charge < -0.3 is 5.32 Å². The maximum atomic E-state index is 12.4. The monoisotopic (exact) mass is 374 g/mol. The molecular formula is C21H18N4OS. The maximum Gasteiger partial charge on any atom is 0.234 e. The Morgan fingerprint density at radius 1 is 0.963 bits per heavy atom. The first-order chi connectivity index (χ1) is 13.2. The number of rotatable bonds is 5. The van der Waals surface area contributed by atoms with Gasteiger partial charge in [0.25, 0.3) is 0 Å². The Kier molecular flexibility index (Phi) is 4.89. The number of hydrogen-bond donors (Lipinski definition) is 1. The molecule has 4 rings (SSSR count). The number of nitrogens with zero attached hydrogens (tertiary/aromatic N) is 3. The summed E-state index contributed by atoms with van der Waals surface area (Å²) in [7, 11) is 0. The van der Waals surface area contributed by atoms with Crippen molar-refractivity contribution >= 4 is 34.1 Å². The lowest BCUT2D eigenvalue weighted by atomic mass is 10.1. The molecule has 6 heteroatoms. The molecular weight excluding hydrogens is 356 g/mol. The Bertz CT molecular complexity index is 1090. The number of aromatic nitrogens is 3. The van der Waals surface area contributed by atoms with Gasteiger partial charge in [0.2, 0.25) is 5.91 Å². The number of carbonyl (C=O) groups is 1. The van der Waals surface area contributed by atoms with Crippen molar-refractivity contribution < 1.29 is 4.79 Å². The summed E-state index contributed by atoms with van der Waals surface area (Å²) in [5.74, 6) is 0.979. The molecule has 1 N–H and O–H groups in total. The summed E-state index contributed by atoms with van der Waals surface area (Å²) in [5.41, 5.74) is 1.78. The van der Waals surface area contributed by atoms with Gasteiger partial charge in [-0.05, 0) is 42.0 Å². The average Bonchev–Trinajstić information content (AvgIpc) is 3.07. The van der Waals surface area contributed by atoms with E-state index in [0.717, 1.165) is 28.0 Å². The van der Waals surface area contributed by atoms with Gasteiger partial charge in [-0.3, -0.25) is 9.36 Å². The van der Waals surface area contributed by atoms with E-state index < -0.39 is 0 Å². The van der Waals surface area contributed by atoms with Gasteiger partial charge in [-0.15, -0.1) is 10.2 Å². The number of aryl methyl sites for hydroxylation is 1. The third-order valence-corrected chi connectivity index (χ3v) is 5.10. The van der Waals surface area contributed by atoms with E-state index in [1.807, 2.05) is 78.2 Å². The lowest BCUT2D eigenvalue weighted by Crippen LogP contribution is -2.14. The highest BCUT2D eigenvalue weighted by molar-refractivity contribution is 7.99. The Hall–Kier alpha value is -3.12. The molecule has 0 radical (unpaired) electrons. The molecule has 0 atom stereocenters. The van der Waals surface area contributed by atoms with Crippen molar-refractivity contribution in [1.29, 1.82) is 0 Å². The molecule has 0 aliphatic heterocycles. The second-order valence-electron chi connectivity index (χ2n) is 6.10. The first-order valence-corrected chi connectivity index (χ1v) is 9.58. The van der Waals surface area contributed by atoms with Gasteiger partial charge in [-0.1, -0.05) is 60.3 Å². The number of nitrogens with one attached hydrogen (secondary N) is 1. The molecule has 0 aliphatic rings. The van der Waals surface area contributed by atoms with Crippen LogP contribution in [0.2, 0.25) is 0 Å². The number of thioether (sulfide) groups is 1. The average molecular weight is 374 g/mol. The van der Waals surface area contributed by atoms with Crippen molar-refractivity contribution in [3.63, 3.8) is 0 Å². The maximum absolute atomic E-state index is 12.4. The van der Waals surface area contributed by atoms with Gasteiger partial charge in [0.15, 0.2) is 5.16 Å². The Balaban J connectivity index is 1.45. The van der Waals surface area contributed by atoms with Crippen LogP contribution in [0, 0.1) is 6.92 Å². The molecule has 0 aliphatic carbocycles. The summed E-state index contributed by atoms with van der Waals surface area (Å²) in [6.45, 7) is 1.90. The van der Waals surface area contributed by atoms with Gasteiger partial charge in [0.05, 0.1) is 5.75 Å². The largest absolute Gasteiger partial charge is 0.325 e. The van der Waals surface area contributed by atoms with Crippen molar-refractivity contribution in [3.05, 3.63) is 78.6 Å². The summed E-state index contributed by atoms with van der Waals surface area (Å²) in [6, 6.07) is 23.9. The van der Waals surface area contributed by atoms with Crippen LogP contribution in [0.1, 0.15) is 5.82 Å². The number of amides is 1. The van der Waals surface area contributed by atoms with Crippen LogP contribution in [-0.4, -0.2) is 26.4 Å². The van der Waals surface area contributed by atoms with Crippen LogP contribution in [0.5, 0.6) is 0 Å². The van der Waals surface area contributed by atoms with Crippen LogP contribution in [0.3, 0.4) is 0 Å². The lowest BCUT2D eigenvalue weighted by Gasteiger charge is -2.09. The van der Waals surface area contributed by atoms with Gasteiger partial charge in [0.1, 0.15) is 5.82 Å². The molecule has 4 aromatic rings. The molecule has 1 aromatic heterocycles. The van der Waals surface area contributed by atoms with Crippen LogP contribution in [0.15, 0.2) is 78.0 Å². The number of para-hydroxylation sites is 1. The summed E-state index contributed by atoms with van der Waals surface area (Å²) >= 11 is 1.37. The number of carbonyl (C=O) groups excluding carboxylic acids is 1. The van der Waals surface area contributed by atoms with Crippen LogP contribution in [-0.2, 0) is 4.79 Å². The summed E-state index contributed by atoms with van der Waals surface area (Å²) in [6.07, 6.45) is 0. The van der Waals surface area contributed by atoms with E-state index in [0.29, 0.717) is 5.16 Å². The van der Waals surface area contributed by atoms with E-state index >= 15 is 0 Å². The van der Waals surface area contributed by atoms with Crippen molar-refractivity contribution in [3.8, 4) is 5.69 Å². The third kappa shape index (κ3) is 3.85. The predicted molar refractivity (Wildman–Crippen MR) is 109 cm³/mol. The number of fused-ring (bicyclic) bond motifs is 1. The minimum absolute atomic E-state index is 0.0736. The Morgan fingerprint density at radius 3 is 2.52 bits per heavy atom. The summed E-state index contributed by atoms with van der Waals surface area (Å²) in [5, 5.41) is 14.3. The van der Waals surface area contributed by atoms with Gasteiger partial charge in [-0.2, -0.15) is 0 Å². The SMILES string of the molecule is Cc1nnc(SCC(=O)Nc2ccc3ccccc3c2)n1-c1ccccc1. The van der Waals surface area contributed by atoms with E-state index in [4.69, 9.17) is 0 Å². The van der Waals surface area contributed by atoms with E-state index in [2.05, 4.69) is 21.6 Å². The van der Waals surface area contributed by atoms with E-state index in [1.54, 1.807) is 0 Å². The molecule has 0 saturated heterocycles. The first-order valence-electron chi connectivity index (χ1n) is 8.59. The molecule has 5 nitrogen and oxygen atoms in total. The molecule has 0 unspecified atom stereocenters. The van der Waals surface area contributed by atoms with E-state index in [9.17, 15) is 4.79 Å². The Morgan fingerprint density at radius 2 is 1.70 bits per heavy atom. The van der Waals surface area contributed by atoms with Crippen LogP contribution >= 0.6 is 11.8 Å².